The number of ether oxygens (including phenoxy) is 1. The van der Waals surface area contributed by atoms with Crippen LogP contribution in [0.2, 0.25) is 0 Å². The lowest BCUT2D eigenvalue weighted by atomic mass is 9.97. The lowest BCUT2D eigenvalue weighted by Gasteiger charge is -2.18. The summed E-state index contributed by atoms with van der Waals surface area (Å²) in [4.78, 5) is 4.31. The van der Waals surface area contributed by atoms with E-state index in [9.17, 15) is 0 Å². The fraction of sp³-hybridized carbons (Fsp3) is 0.350. The molecule has 2 aromatic carbocycles. The Hall–Kier alpha value is -1.76. The summed E-state index contributed by atoms with van der Waals surface area (Å²) in [5, 5.41) is 6.78. The lowest BCUT2D eigenvalue weighted by Crippen LogP contribution is -2.38. The van der Waals surface area contributed by atoms with Crippen molar-refractivity contribution < 1.29 is 4.74 Å². The number of nitrogens with one attached hydrogen (secondary N) is 2. The van der Waals surface area contributed by atoms with Gasteiger partial charge in [0.25, 0.3) is 0 Å². The number of methoxy groups -OCH3 is 1. The molecule has 0 radical (unpaired) electrons. The predicted octanol–water partition coefficient (Wildman–Crippen LogP) is 4.17. The van der Waals surface area contributed by atoms with E-state index in [0.29, 0.717) is 5.92 Å². The van der Waals surface area contributed by atoms with Crippen molar-refractivity contribution in [1.29, 1.82) is 0 Å². The zero-order chi connectivity index (χ0) is 17.2. The van der Waals surface area contributed by atoms with Crippen molar-refractivity contribution in [1.82, 2.24) is 10.6 Å². The molecular formula is C20H28IN3O. The van der Waals surface area contributed by atoms with E-state index in [1.54, 1.807) is 14.2 Å². The molecule has 25 heavy (non-hydrogen) atoms. The molecule has 2 rings (SSSR count). The molecule has 2 aromatic rings. The molecule has 2 N–H and O–H groups in total. The fourth-order valence-corrected chi connectivity index (χ4v) is 2.59. The van der Waals surface area contributed by atoms with Crippen molar-refractivity contribution >= 4 is 29.9 Å². The minimum absolute atomic E-state index is 0. The van der Waals surface area contributed by atoms with Gasteiger partial charge in [-0.2, -0.15) is 0 Å². The quantitative estimate of drug-likeness (QED) is 0.376. The second kappa shape index (κ2) is 11.7. The molecule has 0 aliphatic heterocycles. The molecule has 0 spiro atoms. The summed E-state index contributed by atoms with van der Waals surface area (Å²) >= 11 is 0. The van der Waals surface area contributed by atoms with Crippen molar-refractivity contribution in [3.05, 3.63) is 65.7 Å². The Labute approximate surface area is 168 Å². The molecule has 0 aromatic heterocycles. The highest BCUT2D eigenvalue weighted by atomic mass is 127. The van der Waals surface area contributed by atoms with E-state index in [1.165, 1.54) is 11.1 Å². The number of aliphatic imine (C=N–C) groups is 1. The highest BCUT2D eigenvalue weighted by Crippen LogP contribution is 2.17. The number of rotatable bonds is 7. The third-order valence-corrected chi connectivity index (χ3v) is 4.12. The normalized spacial score (nSPS) is 12.0. The number of nitrogens with zero attached hydrogens (tertiary/aromatic N) is 1. The maximum atomic E-state index is 5.18. The van der Waals surface area contributed by atoms with E-state index in [0.717, 1.165) is 31.2 Å². The molecule has 0 aliphatic carbocycles. The summed E-state index contributed by atoms with van der Waals surface area (Å²) in [7, 11) is 3.47. The SMILES string of the molecule is CCC(CNC(=NC)NCc1ccc(OC)cc1)c1ccccc1.I. The minimum Gasteiger partial charge on any atom is -0.497 e. The Morgan fingerprint density at radius 3 is 2.28 bits per heavy atom. The molecular weight excluding hydrogens is 425 g/mol. The van der Waals surface area contributed by atoms with Crippen LogP contribution in [0.1, 0.15) is 30.4 Å². The fourth-order valence-electron chi connectivity index (χ4n) is 2.59. The maximum absolute atomic E-state index is 5.18. The molecule has 0 fully saturated rings. The first-order valence-corrected chi connectivity index (χ1v) is 8.39. The summed E-state index contributed by atoms with van der Waals surface area (Å²) in [5.41, 5.74) is 2.55. The van der Waals surface area contributed by atoms with Crippen LogP contribution >= 0.6 is 24.0 Å². The summed E-state index contributed by atoms with van der Waals surface area (Å²) in [6.45, 7) is 3.81. The monoisotopic (exact) mass is 453 g/mol. The number of hydrogen-bond donors (Lipinski definition) is 2. The Kier molecular flexibility index (Phi) is 9.99. The molecule has 136 valence electrons. The molecule has 1 unspecified atom stereocenters. The molecule has 0 bridgehead atoms. The first-order chi connectivity index (χ1) is 11.8. The highest BCUT2D eigenvalue weighted by molar-refractivity contribution is 14.0. The summed E-state index contributed by atoms with van der Waals surface area (Å²) in [6, 6.07) is 18.6. The predicted molar refractivity (Wildman–Crippen MR) is 116 cm³/mol. The van der Waals surface area contributed by atoms with Crippen LogP contribution in [0.3, 0.4) is 0 Å². The average Bonchev–Trinajstić information content (AvgIpc) is 2.66. The van der Waals surface area contributed by atoms with E-state index in [-0.39, 0.29) is 24.0 Å². The highest BCUT2D eigenvalue weighted by Gasteiger charge is 2.09. The molecule has 5 heteroatoms. The van der Waals surface area contributed by atoms with Gasteiger partial charge in [-0.3, -0.25) is 4.99 Å². The van der Waals surface area contributed by atoms with E-state index in [1.807, 2.05) is 12.1 Å². The minimum atomic E-state index is 0. The maximum Gasteiger partial charge on any atom is 0.191 e. The molecule has 0 saturated carbocycles. The summed E-state index contributed by atoms with van der Waals surface area (Å²) < 4.78 is 5.18. The summed E-state index contributed by atoms with van der Waals surface area (Å²) in [5.74, 6) is 2.17. The average molecular weight is 453 g/mol. The smallest absolute Gasteiger partial charge is 0.191 e. The third-order valence-electron chi connectivity index (χ3n) is 4.12. The van der Waals surface area contributed by atoms with E-state index in [4.69, 9.17) is 4.74 Å². The Bertz CT molecular complexity index is 629. The first-order valence-electron chi connectivity index (χ1n) is 8.39. The first kappa shape index (κ1) is 21.3. The molecule has 1 atom stereocenters. The Morgan fingerprint density at radius 1 is 1.04 bits per heavy atom. The van der Waals surface area contributed by atoms with Crippen molar-refractivity contribution in [3.63, 3.8) is 0 Å². The number of halogens is 1. The Balaban J connectivity index is 0.00000312. The van der Waals surface area contributed by atoms with E-state index >= 15 is 0 Å². The van der Waals surface area contributed by atoms with Gasteiger partial charge in [0.2, 0.25) is 0 Å². The van der Waals surface area contributed by atoms with Crippen LogP contribution in [0.4, 0.5) is 0 Å². The van der Waals surface area contributed by atoms with Crippen molar-refractivity contribution in [2.45, 2.75) is 25.8 Å². The van der Waals surface area contributed by atoms with Crippen LogP contribution < -0.4 is 15.4 Å². The van der Waals surface area contributed by atoms with Crippen molar-refractivity contribution in [3.8, 4) is 5.75 Å². The van der Waals surface area contributed by atoms with Gasteiger partial charge in [0.1, 0.15) is 5.75 Å². The third kappa shape index (κ3) is 6.94. The van der Waals surface area contributed by atoms with E-state index < -0.39 is 0 Å². The standard InChI is InChI=1S/C20H27N3O.HI/c1-4-17(18-8-6-5-7-9-18)15-23-20(21-2)22-14-16-10-12-19(24-3)13-11-16;/h5-13,17H,4,14-15H2,1-3H3,(H2,21,22,23);1H. The largest absolute Gasteiger partial charge is 0.497 e. The molecule has 0 saturated heterocycles. The molecule has 4 nitrogen and oxygen atoms in total. The zero-order valence-electron chi connectivity index (χ0n) is 15.2. The van der Waals surface area contributed by atoms with Gasteiger partial charge in [-0.05, 0) is 29.7 Å². The van der Waals surface area contributed by atoms with Crippen molar-refractivity contribution in [2.24, 2.45) is 4.99 Å². The van der Waals surface area contributed by atoms with Crippen LogP contribution in [-0.2, 0) is 6.54 Å². The topological polar surface area (TPSA) is 45.7 Å². The van der Waals surface area contributed by atoms with Gasteiger partial charge in [-0.15, -0.1) is 24.0 Å². The van der Waals surface area contributed by atoms with Gasteiger partial charge in [-0.25, -0.2) is 0 Å². The van der Waals surface area contributed by atoms with Gasteiger partial charge >= 0.3 is 0 Å². The van der Waals surface area contributed by atoms with E-state index in [2.05, 4.69) is 65.0 Å². The number of benzene rings is 2. The second-order valence-corrected chi connectivity index (χ2v) is 5.67. The van der Waals surface area contributed by atoms with Crippen LogP contribution in [0.5, 0.6) is 5.75 Å². The van der Waals surface area contributed by atoms with Gasteiger partial charge in [0.15, 0.2) is 5.96 Å². The van der Waals surface area contributed by atoms with Gasteiger partial charge < -0.3 is 15.4 Å². The molecule has 0 amide bonds. The van der Waals surface area contributed by atoms with Crippen LogP contribution in [-0.4, -0.2) is 26.7 Å². The number of guanidine groups is 1. The molecule has 0 heterocycles. The van der Waals surface area contributed by atoms with Gasteiger partial charge in [-0.1, -0.05) is 49.4 Å². The van der Waals surface area contributed by atoms with Crippen LogP contribution in [0.25, 0.3) is 0 Å². The van der Waals surface area contributed by atoms with Crippen LogP contribution in [0, 0.1) is 0 Å². The molecule has 0 aliphatic rings. The zero-order valence-corrected chi connectivity index (χ0v) is 17.5. The van der Waals surface area contributed by atoms with Crippen LogP contribution in [0.15, 0.2) is 59.6 Å². The van der Waals surface area contributed by atoms with Crippen molar-refractivity contribution in [2.75, 3.05) is 20.7 Å². The number of hydrogen-bond acceptors (Lipinski definition) is 2. The summed E-state index contributed by atoms with van der Waals surface area (Å²) in [6.07, 6.45) is 1.09. The van der Waals surface area contributed by atoms with Gasteiger partial charge in [0.05, 0.1) is 7.11 Å². The van der Waals surface area contributed by atoms with Gasteiger partial charge in [0, 0.05) is 26.1 Å². The lowest BCUT2D eigenvalue weighted by molar-refractivity contribution is 0.414. The second-order valence-electron chi connectivity index (χ2n) is 5.67. The Morgan fingerprint density at radius 2 is 1.72 bits per heavy atom.